The molecule has 0 saturated carbocycles. The van der Waals surface area contributed by atoms with E-state index in [0.29, 0.717) is 28.1 Å². The van der Waals surface area contributed by atoms with Crippen LogP contribution in [-0.2, 0) is 9.84 Å². The summed E-state index contributed by atoms with van der Waals surface area (Å²) < 4.78 is 38.2. The summed E-state index contributed by atoms with van der Waals surface area (Å²) in [4.78, 5) is 10.6. The lowest BCUT2D eigenvalue weighted by atomic mass is 10.2. The van der Waals surface area contributed by atoms with Gasteiger partial charge in [0.15, 0.2) is 9.84 Å². The Morgan fingerprint density at radius 3 is 2.56 bits per heavy atom. The van der Waals surface area contributed by atoms with E-state index >= 15 is 0 Å². The molecule has 0 amide bonds. The van der Waals surface area contributed by atoms with Crippen LogP contribution in [0.1, 0.15) is 12.8 Å². The molecule has 27 heavy (non-hydrogen) atoms. The van der Waals surface area contributed by atoms with Crippen molar-refractivity contribution in [2.24, 2.45) is 0 Å². The maximum atomic E-state index is 14.5. The van der Waals surface area contributed by atoms with Gasteiger partial charge in [0, 0.05) is 30.4 Å². The van der Waals surface area contributed by atoms with E-state index in [1.807, 2.05) is 4.90 Å². The molecular formula is C19H19FN4O2S. The molecule has 0 bridgehead atoms. The fourth-order valence-corrected chi connectivity index (χ4v) is 3.95. The number of anilines is 3. The second-order valence-corrected chi connectivity index (χ2v) is 8.67. The zero-order valence-corrected chi connectivity index (χ0v) is 15.6. The van der Waals surface area contributed by atoms with Crippen LogP contribution in [0, 0.1) is 5.82 Å². The average Bonchev–Trinajstić information content (AvgIpc) is 3.15. The SMILES string of the molecule is CS(=O)(=O)c1ccc2ncnc(Nc3ccc(N4CCCC4)c(F)c3)c2c1. The molecule has 0 aliphatic carbocycles. The van der Waals surface area contributed by atoms with Crippen molar-refractivity contribution in [2.75, 3.05) is 29.6 Å². The zero-order chi connectivity index (χ0) is 19.0. The van der Waals surface area contributed by atoms with Gasteiger partial charge in [-0.25, -0.2) is 22.8 Å². The van der Waals surface area contributed by atoms with Gasteiger partial charge in [-0.05, 0) is 49.2 Å². The molecule has 0 atom stereocenters. The lowest BCUT2D eigenvalue weighted by molar-refractivity contribution is 0.602. The highest BCUT2D eigenvalue weighted by Gasteiger charge is 2.17. The van der Waals surface area contributed by atoms with E-state index in [0.717, 1.165) is 32.2 Å². The fourth-order valence-electron chi connectivity index (χ4n) is 3.30. The van der Waals surface area contributed by atoms with Gasteiger partial charge < -0.3 is 10.2 Å². The van der Waals surface area contributed by atoms with Crippen LogP contribution in [0.5, 0.6) is 0 Å². The van der Waals surface area contributed by atoms with Crippen LogP contribution >= 0.6 is 0 Å². The van der Waals surface area contributed by atoms with Crippen LogP contribution in [0.2, 0.25) is 0 Å². The average molecular weight is 386 g/mol. The van der Waals surface area contributed by atoms with Crippen LogP contribution in [0.15, 0.2) is 47.6 Å². The second-order valence-electron chi connectivity index (χ2n) is 6.66. The summed E-state index contributed by atoms with van der Waals surface area (Å²) in [5, 5.41) is 3.64. The molecule has 6 nitrogen and oxygen atoms in total. The van der Waals surface area contributed by atoms with E-state index in [9.17, 15) is 12.8 Å². The topological polar surface area (TPSA) is 75.2 Å². The van der Waals surface area contributed by atoms with E-state index in [4.69, 9.17) is 0 Å². The number of fused-ring (bicyclic) bond motifs is 1. The van der Waals surface area contributed by atoms with Crippen LogP contribution < -0.4 is 10.2 Å². The molecule has 0 unspecified atom stereocenters. The lowest BCUT2D eigenvalue weighted by Crippen LogP contribution is -2.18. The van der Waals surface area contributed by atoms with Gasteiger partial charge in [0.2, 0.25) is 0 Å². The van der Waals surface area contributed by atoms with Crippen LogP contribution in [-0.4, -0.2) is 37.7 Å². The molecule has 1 aliphatic rings. The van der Waals surface area contributed by atoms with Gasteiger partial charge in [-0.15, -0.1) is 0 Å². The highest BCUT2D eigenvalue weighted by Crippen LogP contribution is 2.29. The Morgan fingerprint density at radius 2 is 1.85 bits per heavy atom. The minimum Gasteiger partial charge on any atom is -0.369 e. The maximum absolute atomic E-state index is 14.5. The fraction of sp³-hybridized carbons (Fsp3) is 0.263. The number of halogens is 1. The number of nitrogens with one attached hydrogen (secondary N) is 1. The van der Waals surface area contributed by atoms with Gasteiger partial charge >= 0.3 is 0 Å². The Bertz CT molecular complexity index is 1110. The first kappa shape index (κ1) is 17.7. The number of benzene rings is 2. The monoisotopic (exact) mass is 386 g/mol. The number of hydrogen-bond donors (Lipinski definition) is 1. The largest absolute Gasteiger partial charge is 0.369 e. The van der Waals surface area contributed by atoms with E-state index in [1.165, 1.54) is 24.5 Å². The molecule has 2 aromatic carbocycles. The Balaban J connectivity index is 1.70. The van der Waals surface area contributed by atoms with E-state index in [1.54, 1.807) is 18.2 Å². The van der Waals surface area contributed by atoms with Gasteiger partial charge in [-0.1, -0.05) is 0 Å². The van der Waals surface area contributed by atoms with E-state index < -0.39 is 9.84 Å². The summed E-state index contributed by atoms with van der Waals surface area (Å²) in [5.41, 5.74) is 1.75. The zero-order valence-electron chi connectivity index (χ0n) is 14.8. The predicted octanol–water partition coefficient (Wildman–Crippen LogP) is 3.52. The predicted molar refractivity (Wildman–Crippen MR) is 104 cm³/mol. The smallest absolute Gasteiger partial charge is 0.175 e. The van der Waals surface area contributed by atoms with Crippen LogP contribution in [0.25, 0.3) is 10.9 Å². The summed E-state index contributed by atoms with van der Waals surface area (Å²) in [6, 6.07) is 9.66. The van der Waals surface area contributed by atoms with Gasteiger partial charge in [0.05, 0.1) is 16.1 Å². The Labute approximate surface area is 157 Å². The first-order valence-electron chi connectivity index (χ1n) is 8.68. The summed E-state index contributed by atoms with van der Waals surface area (Å²) in [6.07, 6.45) is 4.70. The van der Waals surface area contributed by atoms with Crippen molar-refractivity contribution in [2.45, 2.75) is 17.7 Å². The molecule has 1 saturated heterocycles. The normalized spacial score (nSPS) is 14.7. The molecule has 1 fully saturated rings. The van der Waals surface area contributed by atoms with Crippen molar-refractivity contribution in [3.63, 3.8) is 0 Å². The number of sulfone groups is 1. The second kappa shape index (κ2) is 6.77. The first-order chi connectivity index (χ1) is 12.9. The number of aromatic nitrogens is 2. The molecule has 2 heterocycles. The molecule has 140 valence electrons. The molecule has 1 N–H and O–H groups in total. The van der Waals surface area contributed by atoms with Crippen molar-refractivity contribution in [3.8, 4) is 0 Å². The molecule has 4 rings (SSSR count). The standard InChI is InChI=1S/C19H19FN4O2S/c1-27(25,26)14-5-6-17-15(11-14)19(22-12-21-17)23-13-4-7-18(16(20)10-13)24-8-2-3-9-24/h4-7,10-12H,2-3,8-9H2,1H3,(H,21,22,23). The molecule has 8 heteroatoms. The van der Waals surface area contributed by atoms with Gasteiger partial charge in [0.25, 0.3) is 0 Å². The highest BCUT2D eigenvalue weighted by atomic mass is 32.2. The minimum absolute atomic E-state index is 0.184. The minimum atomic E-state index is -3.35. The molecule has 0 spiro atoms. The first-order valence-corrected chi connectivity index (χ1v) is 10.6. The summed E-state index contributed by atoms with van der Waals surface area (Å²) >= 11 is 0. The molecule has 1 aliphatic heterocycles. The molecule has 3 aromatic rings. The Morgan fingerprint density at radius 1 is 1.07 bits per heavy atom. The number of rotatable bonds is 4. The van der Waals surface area contributed by atoms with Gasteiger partial charge in [-0.2, -0.15) is 0 Å². The summed E-state index contributed by atoms with van der Waals surface area (Å²) in [5.74, 6) is 0.135. The van der Waals surface area contributed by atoms with Crippen molar-refractivity contribution < 1.29 is 12.8 Å². The van der Waals surface area contributed by atoms with Crippen LogP contribution in [0.3, 0.4) is 0 Å². The third-order valence-corrected chi connectivity index (χ3v) is 5.80. The quantitative estimate of drug-likeness (QED) is 0.740. The Kier molecular flexibility index (Phi) is 4.43. The van der Waals surface area contributed by atoms with Gasteiger partial charge in [-0.3, -0.25) is 0 Å². The molecular weight excluding hydrogens is 367 g/mol. The molecule has 1 aromatic heterocycles. The van der Waals surface area contributed by atoms with Crippen molar-refractivity contribution in [3.05, 3.63) is 48.5 Å². The number of hydrogen-bond acceptors (Lipinski definition) is 6. The highest BCUT2D eigenvalue weighted by molar-refractivity contribution is 7.90. The number of nitrogens with zero attached hydrogens (tertiary/aromatic N) is 3. The molecule has 0 radical (unpaired) electrons. The van der Waals surface area contributed by atoms with E-state index in [2.05, 4.69) is 15.3 Å². The van der Waals surface area contributed by atoms with Crippen LogP contribution in [0.4, 0.5) is 21.6 Å². The third kappa shape index (κ3) is 3.57. The maximum Gasteiger partial charge on any atom is 0.175 e. The van der Waals surface area contributed by atoms with Crippen molar-refractivity contribution in [1.82, 2.24) is 9.97 Å². The van der Waals surface area contributed by atoms with Crippen molar-refractivity contribution in [1.29, 1.82) is 0 Å². The lowest BCUT2D eigenvalue weighted by Gasteiger charge is -2.19. The van der Waals surface area contributed by atoms with Crippen molar-refractivity contribution >= 4 is 37.9 Å². The Hall–Kier alpha value is -2.74. The summed E-state index contributed by atoms with van der Waals surface area (Å²) in [6.45, 7) is 1.74. The third-order valence-electron chi connectivity index (χ3n) is 4.69. The van der Waals surface area contributed by atoms with Gasteiger partial charge in [0.1, 0.15) is 18.0 Å². The summed E-state index contributed by atoms with van der Waals surface area (Å²) in [7, 11) is -3.35. The van der Waals surface area contributed by atoms with E-state index in [-0.39, 0.29) is 10.7 Å².